The molecule has 100 valence electrons. The van der Waals surface area contributed by atoms with Crippen LogP contribution in [0.2, 0.25) is 5.02 Å². The zero-order valence-corrected chi connectivity index (χ0v) is 12.5. The number of nitrogen functional groups attached to an aromatic ring is 1. The molecular weight excluding hydrogens is 332 g/mol. The van der Waals surface area contributed by atoms with Crippen molar-refractivity contribution in [2.24, 2.45) is 0 Å². The molecule has 0 atom stereocenters. The number of aromatic nitrogens is 2. The maximum atomic E-state index is 11.5. The largest absolute Gasteiger partial charge is 0.399 e. The number of hydrogen-bond donors (Lipinski definition) is 2. The molecule has 0 bridgehead atoms. The molecular formula is C12H12BrClN4O. The molecule has 7 heteroatoms. The molecule has 0 aliphatic rings. The van der Waals surface area contributed by atoms with Gasteiger partial charge in [0.25, 0.3) is 5.56 Å². The van der Waals surface area contributed by atoms with Crippen molar-refractivity contribution in [2.45, 2.75) is 6.54 Å². The number of anilines is 2. The highest BCUT2D eigenvalue weighted by Gasteiger charge is 2.12. The van der Waals surface area contributed by atoms with Gasteiger partial charge in [-0.1, -0.05) is 11.6 Å². The molecule has 0 spiro atoms. The Balaban J connectivity index is 2.30. The second kappa shape index (κ2) is 5.63. The summed E-state index contributed by atoms with van der Waals surface area (Å²) in [7, 11) is 1.83. The van der Waals surface area contributed by atoms with Crippen LogP contribution < -0.4 is 16.2 Å². The molecule has 1 heterocycles. The molecule has 0 radical (unpaired) electrons. The third-order valence-corrected chi connectivity index (χ3v) is 3.70. The summed E-state index contributed by atoms with van der Waals surface area (Å²) < 4.78 is 0.387. The first-order valence-corrected chi connectivity index (χ1v) is 6.64. The molecule has 2 aromatic rings. The lowest BCUT2D eigenvalue weighted by Gasteiger charge is -2.19. The third kappa shape index (κ3) is 3.08. The van der Waals surface area contributed by atoms with E-state index in [1.165, 1.54) is 6.33 Å². The summed E-state index contributed by atoms with van der Waals surface area (Å²) in [6.07, 6.45) is 1.36. The van der Waals surface area contributed by atoms with Crippen LogP contribution in [0.1, 0.15) is 5.56 Å². The zero-order valence-electron chi connectivity index (χ0n) is 10.2. The molecule has 0 saturated heterocycles. The number of nitrogens with one attached hydrogen (secondary N) is 1. The Morgan fingerprint density at radius 2 is 2.26 bits per heavy atom. The molecule has 0 aliphatic carbocycles. The fourth-order valence-corrected chi connectivity index (χ4v) is 2.38. The average molecular weight is 344 g/mol. The highest BCUT2D eigenvalue weighted by molar-refractivity contribution is 9.10. The van der Waals surface area contributed by atoms with Gasteiger partial charge >= 0.3 is 0 Å². The molecule has 0 aliphatic heterocycles. The first kappa shape index (κ1) is 13.9. The van der Waals surface area contributed by atoms with Gasteiger partial charge in [-0.2, -0.15) is 0 Å². The van der Waals surface area contributed by atoms with Gasteiger partial charge in [-0.05, 0) is 39.7 Å². The number of benzene rings is 1. The molecule has 0 saturated carbocycles. The number of rotatable bonds is 3. The molecule has 1 aromatic heterocycles. The normalized spacial score (nSPS) is 10.5. The van der Waals surface area contributed by atoms with Gasteiger partial charge in [0.05, 0.1) is 6.33 Å². The van der Waals surface area contributed by atoms with Crippen molar-refractivity contribution in [2.75, 3.05) is 17.7 Å². The van der Waals surface area contributed by atoms with Crippen LogP contribution >= 0.6 is 27.5 Å². The maximum absolute atomic E-state index is 11.5. The molecule has 0 amide bonds. The number of nitrogens with zero attached hydrogens (tertiary/aromatic N) is 2. The lowest BCUT2D eigenvalue weighted by atomic mass is 10.2. The minimum absolute atomic E-state index is 0.226. The van der Waals surface area contributed by atoms with Crippen LogP contribution in [0, 0.1) is 0 Å². The highest BCUT2D eigenvalue weighted by atomic mass is 79.9. The van der Waals surface area contributed by atoms with E-state index in [1.807, 2.05) is 11.9 Å². The number of hydrogen-bond acceptors (Lipinski definition) is 4. The molecule has 5 nitrogen and oxygen atoms in total. The Labute approximate surface area is 123 Å². The first-order chi connectivity index (χ1) is 8.99. The van der Waals surface area contributed by atoms with E-state index < -0.39 is 0 Å². The van der Waals surface area contributed by atoms with Gasteiger partial charge in [-0.15, -0.1) is 0 Å². The summed E-state index contributed by atoms with van der Waals surface area (Å²) in [5.74, 6) is 0.544. The SMILES string of the molecule is CN(Cc1cc(N)ccc1Cl)c1nc[nH]c(=O)c1Br. The third-order valence-electron chi connectivity index (χ3n) is 2.62. The van der Waals surface area contributed by atoms with Gasteiger partial charge < -0.3 is 15.6 Å². The Kier molecular flexibility index (Phi) is 4.11. The van der Waals surface area contributed by atoms with Gasteiger partial charge in [-0.25, -0.2) is 4.98 Å². The fourth-order valence-electron chi connectivity index (χ4n) is 1.69. The predicted molar refractivity (Wildman–Crippen MR) is 80.5 cm³/mol. The van der Waals surface area contributed by atoms with Crippen LogP contribution in [-0.2, 0) is 6.54 Å². The summed E-state index contributed by atoms with van der Waals surface area (Å²) in [4.78, 5) is 20.0. The molecule has 1 aromatic carbocycles. The summed E-state index contributed by atoms with van der Waals surface area (Å²) in [5, 5.41) is 0.627. The Bertz CT molecular complexity index is 658. The summed E-state index contributed by atoms with van der Waals surface area (Å²) in [5.41, 5.74) is 7.03. The lowest BCUT2D eigenvalue weighted by molar-refractivity contribution is 0.881. The molecule has 0 fully saturated rings. The van der Waals surface area contributed by atoms with E-state index in [2.05, 4.69) is 25.9 Å². The standard InChI is InChI=1S/C12H12BrClN4O/c1-18(11-10(13)12(19)17-6-16-11)5-7-4-8(15)2-3-9(7)14/h2-4,6H,5,15H2,1H3,(H,16,17,19). The monoisotopic (exact) mass is 342 g/mol. The molecule has 2 rings (SSSR count). The Morgan fingerprint density at radius 3 is 3.00 bits per heavy atom. The van der Waals surface area contributed by atoms with Crippen LogP contribution in [0.15, 0.2) is 33.8 Å². The van der Waals surface area contributed by atoms with Crippen molar-refractivity contribution >= 4 is 39.0 Å². The van der Waals surface area contributed by atoms with E-state index in [0.29, 0.717) is 27.5 Å². The van der Waals surface area contributed by atoms with E-state index in [1.54, 1.807) is 18.2 Å². The number of halogens is 2. The van der Waals surface area contributed by atoms with Crippen molar-refractivity contribution in [1.82, 2.24) is 9.97 Å². The van der Waals surface area contributed by atoms with Gasteiger partial charge in [-0.3, -0.25) is 4.79 Å². The van der Waals surface area contributed by atoms with Crippen LogP contribution in [-0.4, -0.2) is 17.0 Å². The summed E-state index contributed by atoms with van der Waals surface area (Å²) in [6, 6.07) is 5.30. The van der Waals surface area contributed by atoms with Gasteiger partial charge in [0.15, 0.2) is 0 Å². The van der Waals surface area contributed by atoms with E-state index in [4.69, 9.17) is 17.3 Å². The van der Waals surface area contributed by atoms with Crippen molar-refractivity contribution in [3.8, 4) is 0 Å². The van der Waals surface area contributed by atoms with Crippen molar-refractivity contribution in [3.05, 3.63) is 49.9 Å². The second-order valence-corrected chi connectivity index (χ2v) is 5.28. The van der Waals surface area contributed by atoms with Crippen LogP contribution in [0.4, 0.5) is 11.5 Å². The summed E-state index contributed by atoms with van der Waals surface area (Å²) in [6.45, 7) is 0.499. The Hall–Kier alpha value is -1.53. The smallest absolute Gasteiger partial charge is 0.267 e. The van der Waals surface area contributed by atoms with Crippen molar-refractivity contribution in [1.29, 1.82) is 0 Å². The predicted octanol–water partition coefficient (Wildman–Crippen LogP) is 2.40. The van der Waals surface area contributed by atoms with Gasteiger partial charge in [0.2, 0.25) is 0 Å². The van der Waals surface area contributed by atoms with Crippen molar-refractivity contribution < 1.29 is 0 Å². The topological polar surface area (TPSA) is 75.0 Å². The second-order valence-electron chi connectivity index (χ2n) is 4.08. The van der Waals surface area contributed by atoms with E-state index in [-0.39, 0.29) is 5.56 Å². The van der Waals surface area contributed by atoms with E-state index in [0.717, 1.165) is 5.56 Å². The van der Waals surface area contributed by atoms with E-state index >= 15 is 0 Å². The van der Waals surface area contributed by atoms with Crippen LogP contribution in [0.25, 0.3) is 0 Å². The van der Waals surface area contributed by atoms with Crippen LogP contribution in [0.5, 0.6) is 0 Å². The number of aromatic amines is 1. The van der Waals surface area contributed by atoms with Gasteiger partial charge in [0.1, 0.15) is 10.3 Å². The van der Waals surface area contributed by atoms with Crippen LogP contribution in [0.3, 0.4) is 0 Å². The molecule has 0 unspecified atom stereocenters. The first-order valence-electron chi connectivity index (χ1n) is 5.47. The maximum Gasteiger partial charge on any atom is 0.267 e. The minimum Gasteiger partial charge on any atom is -0.399 e. The quantitative estimate of drug-likeness (QED) is 0.839. The highest BCUT2D eigenvalue weighted by Crippen LogP contribution is 2.24. The van der Waals surface area contributed by atoms with Gasteiger partial charge in [0, 0.05) is 24.3 Å². The molecule has 19 heavy (non-hydrogen) atoms. The number of H-pyrrole nitrogens is 1. The minimum atomic E-state index is -0.226. The Morgan fingerprint density at radius 1 is 1.53 bits per heavy atom. The van der Waals surface area contributed by atoms with E-state index in [9.17, 15) is 4.79 Å². The number of nitrogens with two attached hydrogens (primary N) is 1. The lowest BCUT2D eigenvalue weighted by Crippen LogP contribution is -2.22. The fraction of sp³-hybridized carbons (Fsp3) is 0.167. The summed E-state index contributed by atoms with van der Waals surface area (Å²) >= 11 is 9.34. The molecule has 3 N–H and O–H groups in total. The zero-order chi connectivity index (χ0) is 14.0. The average Bonchev–Trinajstić information content (AvgIpc) is 2.37. The van der Waals surface area contributed by atoms with Crippen molar-refractivity contribution in [3.63, 3.8) is 0 Å².